The number of nitrogens with two attached hydrogens (primary N) is 1. The van der Waals surface area contributed by atoms with Gasteiger partial charge in [-0.25, -0.2) is 0 Å². The molecule has 1 aliphatic carbocycles. The molecule has 3 atom stereocenters. The molecule has 0 radical (unpaired) electrons. The molecule has 0 bridgehead atoms. The second-order valence-corrected chi connectivity index (χ2v) is 6.02. The molecule has 16 heavy (non-hydrogen) atoms. The summed E-state index contributed by atoms with van der Waals surface area (Å²) in [5.41, 5.74) is 6.58. The fraction of sp³-hybridized carbons (Fsp3) is 1.00. The van der Waals surface area contributed by atoms with E-state index in [9.17, 15) is 0 Å². The summed E-state index contributed by atoms with van der Waals surface area (Å²) >= 11 is 0. The average Bonchev–Trinajstić information content (AvgIpc) is 2.42. The van der Waals surface area contributed by atoms with E-state index in [1.54, 1.807) is 7.11 Å². The van der Waals surface area contributed by atoms with Crippen molar-refractivity contribution in [3.05, 3.63) is 0 Å². The van der Waals surface area contributed by atoms with Gasteiger partial charge in [-0.2, -0.15) is 0 Å². The van der Waals surface area contributed by atoms with Gasteiger partial charge in [0.2, 0.25) is 0 Å². The molecule has 1 fully saturated rings. The molecule has 0 aliphatic heterocycles. The summed E-state index contributed by atoms with van der Waals surface area (Å²) in [5, 5.41) is 0. The topological polar surface area (TPSA) is 35.2 Å². The molecule has 0 aromatic heterocycles. The summed E-state index contributed by atoms with van der Waals surface area (Å²) in [6.07, 6.45) is 6.27. The van der Waals surface area contributed by atoms with Gasteiger partial charge in [0.15, 0.2) is 0 Å². The van der Waals surface area contributed by atoms with Gasteiger partial charge < -0.3 is 10.5 Å². The molecule has 3 unspecified atom stereocenters. The van der Waals surface area contributed by atoms with E-state index < -0.39 is 0 Å². The Kier molecular flexibility index (Phi) is 5.26. The van der Waals surface area contributed by atoms with E-state index >= 15 is 0 Å². The largest absolute Gasteiger partial charge is 0.384 e. The minimum absolute atomic E-state index is 0.0135. The highest BCUT2D eigenvalue weighted by Crippen LogP contribution is 2.36. The highest BCUT2D eigenvalue weighted by molar-refractivity contribution is 4.92. The first-order valence-corrected chi connectivity index (χ1v) is 6.77. The van der Waals surface area contributed by atoms with Crippen molar-refractivity contribution in [1.29, 1.82) is 0 Å². The smallest absolute Gasteiger partial charge is 0.0505 e. The monoisotopic (exact) mass is 227 g/mol. The van der Waals surface area contributed by atoms with E-state index in [1.165, 1.54) is 32.1 Å². The highest BCUT2D eigenvalue weighted by atomic mass is 16.5. The maximum absolute atomic E-state index is 6.57. The minimum atomic E-state index is 0.0135. The van der Waals surface area contributed by atoms with E-state index in [1.807, 2.05) is 0 Å². The molecule has 0 saturated heterocycles. The molecule has 0 aromatic rings. The van der Waals surface area contributed by atoms with Crippen LogP contribution in [0.15, 0.2) is 0 Å². The molecule has 0 aromatic carbocycles. The average molecular weight is 227 g/mol. The van der Waals surface area contributed by atoms with Gasteiger partial charge in [0.25, 0.3) is 0 Å². The van der Waals surface area contributed by atoms with Crippen molar-refractivity contribution in [3.8, 4) is 0 Å². The lowest BCUT2D eigenvalue weighted by atomic mass is 9.79. The number of hydrogen-bond donors (Lipinski definition) is 1. The van der Waals surface area contributed by atoms with Crippen LogP contribution >= 0.6 is 0 Å². The van der Waals surface area contributed by atoms with Crippen molar-refractivity contribution in [2.24, 2.45) is 23.5 Å². The second-order valence-electron chi connectivity index (χ2n) is 6.02. The Balaban J connectivity index is 2.56. The zero-order valence-electron chi connectivity index (χ0n) is 11.5. The maximum atomic E-state index is 6.57. The van der Waals surface area contributed by atoms with Gasteiger partial charge >= 0.3 is 0 Å². The number of ether oxygens (including phenoxy) is 1. The Labute approximate surface area is 101 Å². The molecule has 1 aliphatic rings. The van der Waals surface area contributed by atoms with E-state index in [2.05, 4.69) is 20.8 Å². The quantitative estimate of drug-likeness (QED) is 0.749. The van der Waals surface area contributed by atoms with Crippen LogP contribution in [0.25, 0.3) is 0 Å². The first kappa shape index (κ1) is 14.0. The lowest BCUT2D eigenvalue weighted by molar-refractivity contribution is 0.106. The van der Waals surface area contributed by atoms with Crippen LogP contribution in [-0.2, 0) is 4.74 Å². The van der Waals surface area contributed by atoms with Crippen LogP contribution in [-0.4, -0.2) is 19.3 Å². The van der Waals surface area contributed by atoms with Crippen LogP contribution in [0.4, 0.5) is 0 Å². The van der Waals surface area contributed by atoms with Crippen molar-refractivity contribution in [2.75, 3.05) is 13.7 Å². The van der Waals surface area contributed by atoms with Crippen LogP contribution in [0.5, 0.6) is 0 Å². The van der Waals surface area contributed by atoms with Gasteiger partial charge in [0.05, 0.1) is 6.61 Å². The maximum Gasteiger partial charge on any atom is 0.0505 e. The summed E-state index contributed by atoms with van der Waals surface area (Å²) in [4.78, 5) is 0. The van der Waals surface area contributed by atoms with E-state index in [0.717, 1.165) is 18.4 Å². The Morgan fingerprint density at radius 2 is 1.94 bits per heavy atom. The Morgan fingerprint density at radius 3 is 2.50 bits per heavy atom. The third-order valence-corrected chi connectivity index (χ3v) is 4.54. The van der Waals surface area contributed by atoms with Crippen molar-refractivity contribution in [3.63, 3.8) is 0 Å². The van der Waals surface area contributed by atoms with E-state index in [-0.39, 0.29) is 5.54 Å². The Bertz CT molecular complexity index is 205. The second kappa shape index (κ2) is 6.02. The van der Waals surface area contributed by atoms with Crippen LogP contribution in [0.1, 0.15) is 52.9 Å². The fourth-order valence-electron chi connectivity index (χ4n) is 2.99. The Hall–Kier alpha value is -0.0800. The van der Waals surface area contributed by atoms with Crippen molar-refractivity contribution >= 4 is 0 Å². The predicted octanol–water partition coefficient (Wildman–Crippen LogP) is 3.20. The van der Waals surface area contributed by atoms with Crippen LogP contribution < -0.4 is 5.73 Å². The molecule has 2 heteroatoms. The predicted molar refractivity (Wildman–Crippen MR) is 69.4 cm³/mol. The van der Waals surface area contributed by atoms with Gasteiger partial charge in [-0.1, -0.05) is 33.6 Å². The SMILES string of the molecule is COCC(C)C1(N)CCCC(C(C)C)CC1. The lowest BCUT2D eigenvalue weighted by Crippen LogP contribution is -2.47. The van der Waals surface area contributed by atoms with Crippen LogP contribution in [0, 0.1) is 17.8 Å². The van der Waals surface area contributed by atoms with Gasteiger partial charge in [-0.05, 0) is 37.0 Å². The Morgan fingerprint density at radius 1 is 1.25 bits per heavy atom. The van der Waals surface area contributed by atoms with Crippen LogP contribution in [0.3, 0.4) is 0 Å². The van der Waals surface area contributed by atoms with Gasteiger partial charge in [0.1, 0.15) is 0 Å². The lowest BCUT2D eigenvalue weighted by Gasteiger charge is -2.34. The summed E-state index contributed by atoms with van der Waals surface area (Å²) in [7, 11) is 1.77. The summed E-state index contributed by atoms with van der Waals surface area (Å²) in [5.74, 6) is 2.16. The highest BCUT2D eigenvalue weighted by Gasteiger charge is 2.34. The molecule has 2 nitrogen and oxygen atoms in total. The fourth-order valence-corrected chi connectivity index (χ4v) is 2.99. The van der Waals surface area contributed by atoms with Crippen molar-refractivity contribution in [1.82, 2.24) is 0 Å². The first-order valence-electron chi connectivity index (χ1n) is 6.77. The van der Waals surface area contributed by atoms with Crippen molar-refractivity contribution < 1.29 is 4.74 Å². The number of rotatable bonds is 4. The molecule has 1 saturated carbocycles. The summed E-state index contributed by atoms with van der Waals surface area (Å²) in [6.45, 7) is 7.71. The minimum Gasteiger partial charge on any atom is -0.384 e. The van der Waals surface area contributed by atoms with Gasteiger partial charge in [-0.3, -0.25) is 0 Å². The molecular formula is C14H29NO. The summed E-state index contributed by atoms with van der Waals surface area (Å²) < 4.78 is 5.26. The first-order chi connectivity index (χ1) is 7.49. The number of methoxy groups -OCH3 is 1. The van der Waals surface area contributed by atoms with E-state index in [0.29, 0.717) is 5.92 Å². The third-order valence-electron chi connectivity index (χ3n) is 4.54. The molecule has 96 valence electrons. The van der Waals surface area contributed by atoms with E-state index in [4.69, 9.17) is 10.5 Å². The molecule has 2 N–H and O–H groups in total. The summed E-state index contributed by atoms with van der Waals surface area (Å²) in [6, 6.07) is 0. The van der Waals surface area contributed by atoms with Crippen molar-refractivity contribution in [2.45, 2.75) is 58.4 Å². The standard InChI is InChI=1S/C14H29NO/c1-11(2)13-6-5-8-14(15,9-7-13)12(3)10-16-4/h11-13H,5-10,15H2,1-4H3. The molecule has 1 rings (SSSR count). The number of hydrogen-bond acceptors (Lipinski definition) is 2. The van der Waals surface area contributed by atoms with Gasteiger partial charge in [0, 0.05) is 12.6 Å². The normalized spacial score (nSPS) is 33.8. The zero-order valence-corrected chi connectivity index (χ0v) is 11.5. The molecule has 0 heterocycles. The molecule has 0 spiro atoms. The molecule has 0 amide bonds. The third kappa shape index (κ3) is 3.46. The van der Waals surface area contributed by atoms with Crippen LogP contribution in [0.2, 0.25) is 0 Å². The molecular weight excluding hydrogens is 198 g/mol. The van der Waals surface area contributed by atoms with Gasteiger partial charge in [-0.15, -0.1) is 0 Å². The zero-order chi connectivity index (χ0) is 12.2.